The average Bonchev–Trinajstić information content (AvgIpc) is 3.42. The Hall–Kier alpha value is -3.44. The molecule has 1 unspecified atom stereocenters. The summed E-state index contributed by atoms with van der Waals surface area (Å²) in [4.78, 5) is 23.4. The van der Waals surface area contributed by atoms with Crippen molar-refractivity contribution in [2.45, 2.75) is 38.4 Å². The zero-order valence-electron chi connectivity index (χ0n) is 17.6. The van der Waals surface area contributed by atoms with Crippen molar-refractivity contribution < 1.29 is 22.5 Å². The second kappa shape index (κ2) is 8.60. The minimum atomic E-state index is -4.64. The normalized spacial score (nSPS) is 15.6. The molecule has 0 bridgehead atoms. The Kier molecular flexibility index (Phi) is 5.85. The monoisotopic (exact) mass is 449 g/mol. The van der Waals surface area contributed by atoms with Crippen LogP contribution in [0.25, 0.3) is 11.4 Å². The summed E-state index contributed by atoms with van der Waals surface area (Å²) < 4.78 is 44.7. The molecule has 3 aromatic rings. The molecule has 0 spiro atoms. The molecule has 9 nitrogen and oxygen atoms in total. The van der Waals surface area contributed by atoms with E-state index in [9.17, 15) is 18.0 Å². The van der Waals surface area contributed by atoms with Gasteiger partial charge in [-0.15, -0.1) is 0 Å². The Morgan fingerprint density at radius 2 is 1.97 bits per heavy atom. The Morgan fingerprint density at radius 3 is 2.66 bits per heavy atom. The van der Waals surface area contributed by atoms with E-state index in [-0.39, 0.29) is 11.6 Å². The van der Waals surface area contributed by atoms with Crippen LogP contribution in [0.5, 0.6) is 0 Å². The molecule has 1 fully saturated rings. The van der Waals surface area contributed by atoms with Crippen LogP contribution in [-0.2, 0) is 13.2 Å². The third-order valence-electron chi connectivity index (χ3n) is 5.25. The molecule has 0 aromatic carbocycles. The number of piperidine rings is 1. The molecule has 0 saturated carbocycles. The average molecular weight is 449 g/mol. The third kappa shape index (κ3) is 4.58. The predicted octanol–water partition coefficient (Wildman–Crippen LogP) is 3.37. The number of hydrogen-bond acceptors (Lipinski definition) is 7. The van der Waals surface area contributed by atoms with Gasteiger partial charge in [0.05, 0.1) is 0 Å². The number of pyridine rings is 1. The van der Waals surface area contributed by atoms with E-state index in [1.807, 2.05) is 6.07 Å². The van der Waals surface area contributed by atoms with Gasteiger partial charge < -0.3 is 14.7 Å². The maximum Gasteiger partial charge on any atom is 0.435 e. The molecule has 32 heavy (non-hydrogen) atoms. The van der Waals surface area contributed by atoms with Crippen molar-refractivity contribution in [3.63, 3.8) is 0 Å². The highest BCUT2D eigenvalue weighted by Crippen LogP contribution is 2.28. The maximum absolute atomic E-state index is 12.8. The van der Waals surface area contributed by atoms with Crippen LogP contribution in [0.2, 0.25) is 0 Å². The molecule has 0 aliphatic carbocycles. The molecule has 4 heterocycles. The smallest absolute Gasteiger partial charge is 0.357 e. The summed E-state index contributed by atoms with van der Waals surface area (Å²) in [5.74, 6) is 0.565. The fraction of sp³-hybridized carbons (Fsp3) is 0.450. The van der Waals surface area contributed by atoms with Gasteiger partial charge >= 0.3 is 6.18 Å². The number of anilines is 1. The summed E-state index contributed by atoms with van der Waals surface area (Å²) in [7, 11) is 1.27. The first-order valence-electron chi connectivity index (χ1n) is 10.2. The number of aryl methyl sites for hydroxylation is 1. The number of carbonyl (C=O) groups is 1. The summed E-state index contributed by atoms with van der Waals surface area (Å²) in [6.07, 6.45) is 0.500. The Balaban J connectivity index is 1.47. The fourth-order valence-corrected chi connectivity index (χ4v) is 3.53. The van der Waals surface area contributed by atoms with Gasteiger partial charge in [-0.3, -0.25) is 9.48 Å². The van der Waals surface area contributed by atoms with Crippen LogP contribution in [0.4, 0.5) is 19.0 Å². The molecule has 1 saturated heterocycles. The first-order valence-corrected chi connectivity index (χ1v) is 10.2. The molecule has 1 atom stereocenters. The van der Waals surface area contributed by atoms with Gasteiger partial charge in [-0.25, -0.2) is 4.98 Å². The van der Waals surface area contributed by atoms with Crippen LogP contribution in [0, 0.1) is 0 Å². The molecular weight excluding hydrogens is 427 g/mol. The number of amides is 1. The number of alkyl halides is 3. The van der Waals surface area contributed by atoms with Crippen molar-refractivity contribution in [1.82, 2.24) is 30.2 Å². The summed E-state index contributed by atoms with van der Waals surface area (Å²) in [6, 6.07) is 3.62. The minimum absolute atomic E-state index is 0.128. The van der Waals surface area contributed by atoms with E-state index in [1.54, 1.807) is 19.2 Å². The molecule has 1 amide bonds. The Labute approximate surface area is 181 Å². The molecule has 0 radical (unpaired) electrons. The van der Waals surface area contributed by atoms with Crippen LogP contribution in [0.15, 0.2) is 28.9 Å². The summed E-state index contributed by atoms with van der Waals surface area (Å²) >= 11 is 0. The van der Waals surface area contributed by atoms with Crippen molar-refractivity contribution >= 4 is 11.7 Å². The zero-order valence-corrected chi connectivity index (χ0v) is 17.6. The second-order valence-electron chi connectivity index (χ2n) is 7.64. The van der Waals surface area contributed by atoms with Crippen LogP contribution in [0.1, 0.15) is 54.3 Å². The lowest BCUT2D eigenvalue weighted by Crippen LogP contribution is -2.30. The first kappa shape index (κ1) is 21.8. The zero-order chi connectivity index (χ0) is 22.9. The summed E-state index contributed by atoms with van der Waals surface area (Å²) in [6.45, 7) is 3.49. The van der Waals surface area contributed by atoms with Crippen molar-refractivity contribution in [2.75, 3.05) is 18.0 Å². The molecule has 12 heteroatoms. The Morgan fingerprint density at radius 1 is 1.22 bits per heavy atom. The highest BCUT2D eigenvalue weighted by Gasteiger charge is 2.35. The predicted molar refractivity (Wildman–Crippen MR) is 108 cm³/mol. The minimum Gasteiger partial charge on any atom is -0.357 e. The van der Waals surface area contributed by atoms with E-state index in [2.05, 4.69) is 30.4 Å². The van der Waals surface area contributed by atoms with E-state index in [0.29, 0.717) is 11.9 Å². The quantitative estimate of drug-likeness (QED) is 0.637. The van der Waals surface area contributed by atoms with Crippen LogP contribution in [0.3, 0.4) is 0 Å². The van der Waals surface area contributed by atoms with Crippen LogP contribution in [-0.4, -0.2) is 43.9 Å². The van der Waals surface area contributed by atoms with Crippen LogP contribution >= 0.6 is 0 Å². The van der Waals surface area contributed by atoms with E-state index in [0.717, 1.165) is 42.0 Å². The van der Waals surface area contributed by atoms with Gasteiger partial charge in [0.1, 0.15) is 17.6 Å². The summed E-state index contributed by atoms with van der Waals surface area (Å²) in [5.41, 5.74) is -0.653. The van der Waals surface area contributed by atoms with Gasteiger partial charge in [0.15, 0.2) is 5.69 Å². The molecule has 3 aromatic heterocycles. The lowest BCUT2D eigenvalue weighted by atomic mass is 10.1. The van der Waals surface area contributed by atoms with E-state index < -0.39 is 23.8 Å². The maximum atomic E-state index is 12.8. The van der Waals surface area contributed by atoms with Crippen LogP contribution < -0.4 is 10.2 Å². The number of hydrogen-bond donors (Lipinski definition) is 1. The standard InChI is InChI=1S/C20H22F3N7O2/c1-12(25-18(31)14-11-15(20(21,22)23)27-29(14)2)19-26-17(28-32-19)13-6-7-24-16(10-13)30-8-4-3-5-9-30/h6-7,10-12H,3-5,8-9H2,1-2H3,(H,25,31). The SMILES string of the molecule is CC(NC(=O)c1cc(C(F)(F)F)nn1C)c1nc(-c2ccnc(N3CCCCC3)c2)no1. The van der Waals surface area contributed by atoms with E-state index in [1.165, 1.54) is 13.5 Å². The molecule has 1 N–H and O–H groups in total. The number of halogens is 3. The van der Waals surface area contributed by atoms with Crippen molar-refractivity contribution in [1.29, 1.82) is 0 Å². The van der Waals surface area contributed by atoms with Crippen molar-refractivity contribution in [3.05, 3.63) is 41.7 Å². The lowest BCUT2D eigenvalue weighted by molar-refractivity contribution is -0.141. The molecule has 1 aliphatic heterocycles. The topological polar surface area (TPSA) is 102 Å². The van der Waals surface area contributed by atoms with Gasteiger partial charge in [-0.05, 0) is 38.3 Å². The fourth-order valence-electron chi connectivity index (χ4n) is 3.53. The number of carbonyl (C=O) groups excluding carboxylic acids is 1. The lowest BCUT2D eigenvalue weighted by Gasteiger charge is -2.27. The summed E-state index contributed by atoms with van der Waals surface area (Å²) in [5, 5.41) is 9.88. The van der Waals surface area contributed by atoms with E-state index in [4.69, 9.17) is 4.52 Å². The van der Waals surface area contributed by atoms with Gasteiger partial charge in [0.25, 0.3) is 5.91 Å². The molecule has 4 rings (SSSR count). The largest absolute Gasteiger partial charge is 0.435 e. The number of aromatic nitrogens is 5. The molecule has 1 aliphatic rings. The number of rotatable bonds is 5. The van der Waals surface area contributed by atoms with Gasteiger partial charge in [0.2, 0.25) is 11.7 Å². The van der Waals surface area contributed by atoms with Gasteiger partial charge in [-0.1, -0.05) is 5.16 Å². The highest BCUT2D eigenvalue weighted by atomic mass is 19.4. The Bertz CT molecular complexity index is 1100. The first-order chi connectivity index (χ1) is 15.2. The highest BCUT2D eigenvalue weighted by molar-refractivity contribution is 5.92. The van der Waals surface area contributed by atoms with Crippen molar-refractivity contribution in [2.24, 2.45) is 7.05 Å². The number of nitrogens with zero attached hydrogens (tertiary/aromatic N) is 6. The van der Waals surface area contributed by atoms with Gasteiger partial charge in [-0.2, -0.15) is 23.3 Å². The van der Waals surface area contributed by atoms with Gasteiger partial charge in [0, 0.05) is 38.0 Å². The third-order valence-corrected chi connectivity index (χ3v) is 5.25. The molecular formula is C20H22F3N7O2. The number of nitrogens with one attached hydrogen (secondary N) is 1. The van der Waals surface area contributed by atoms with Crippen molar-refractivity contribution in [3.8, 4) is 11.4 Å². The second-order valence-corrected chi connectivity index (χ2v) is 7.64. The molecule has 170 valence electrons. The van der Waals surface area contributed by atoms with E-state index >= 15 is 0 Å².